The number of amides is 2. The third-order valence-electron chi connectivity index (χ3n) is 4.76. The van der Waals surface area contributed by atoms with Crippen LogP contribution in [0.15, 0.2) is 35.2 Å². The zero-order chi connectivity index (χ0) is 19.5. The lowest BCUT2D eigenvalue weighted by Gasteiger charge is -2.15. The van der Waals surface area contributed by atoms with Crippen LogP contribution in [0.3, 0.4) is 0 Å². The molecule has 1 N–H and O–H groups in total. The Kier molecular flexibility index (Phi) is 9.64. The molecular weight excluding hydrogens is 358 g/mol. The molecule has 1 aliphatic rings. The summed E-state index contributed by atoms with van der Waals surface area (Å²) in [6.45, 7) is 2.68. The number of rotatable bonds is 13. The molecule has 0 atom stereocenters. The number of nitrogens with zero attached hydrogens (tertiary/aromatic N) is 1. The first kappa shape index (κ1) is 21.7. The van der Waals surface area contributed by atoms with E-state index < -0.39 is 0 Å². The molecule has 0 bridgehead atoms. The number of unbranched alkanes of at least 4 members (excludes halogenated alkanes) is 7. The Balaban J connectivity index is 1.92. The van der Waals surface area contributed by atoms with Gasteiger partial charge in [-0.05, 0) is 12.0 Å². The van der Waals surface area contributed by atoms with Crippen molar-refractivity contribution in [3.05, 3.63) is 40.8 Å². The topological polar surface area (TPSA) is 57.6 Å². The zero-order valence-electron chi connectivity index (χ0n) is 16.3. The molecule has 0 saturated heterocycles. The fourth-order valence-corrected chi connectivity index (χ4v) is 4.18. The highest BCUT2D eigenvalue weighted by atomic mass is 32.2. The Hall–Kier alpha value is -1.59. The Morgan fingerprint density at radius 3 is 2.15 bits per heavy atom. The molecule has 4 nitrogen and oxygen atoms in total. The second-order valence-electron chi connectivity index (χ2n) is 6.88. The predicted molar refractivity (Wildman–Crippen MR) is 112 cm³/mol. The van der Waals surface area contributed by atoms with Crippen LogP contribution in [0.4, 0.5) is 0 Å². The van der Waals surface area contributed by atoms with Crippen LogP contribution in [0.5, 0.6) is 0 Å². The quantitative estimate of drug-likeness (QED) is 0.395. The standard InChI is InChI=1S/C22H31NO3S/c1-2-3-4-5-6-7-8-12-15-23-21(25)19(18-13-10-9-11-14-18)20(22(23)26)27-17-16-24/h9-11,13-14,24H,2-8,12,15-17H2,1H3. The molecule has 27 heavy (non-hydrogen) atoms. The molecule has 0 spiro atoms. The number of aliphatic hydroxyl groups is 1. The summed E-state index contributed by atoms with van der Waals surface area (Å²) in [5.74, 6) is 0.00542. The predicted octanol–water partition coefficient (Wildman–Crippen LogP) is 4.63. The van der Waals surface area contributed by atoms with E-state index in [-0.39, 0.29) is 18.4 Å². The van der Waals surface area contributed by atoms with E-state index in [4.69, 9.17) is 5.11 Å². The molecular formula is C22H31NO3S. The highest BCUT2D eigenvalue weighted by Crippen LogP contribution is 2.36. The highest BCUT2D eigenvalue weighted by molar-refractivity contribution is 8.04. The summed E-state index contributed by atoms with van der Waals surface area (Å²) in [6, 6.07) is 9.36. The maximum absolute atomic E-state index is 12.9. The molecule has 1 heterocycles. The van der Waals surface area contributed by atoms with Gasteiger partial charge in [-0.2, -0.15) is 0 Å². The van der Waals surface area contributed by atoms with Gasteiger partial charge in [0.05, 0.1) is 17.1 Å². The number of thioether (sulfide) groups is 1. The van der Waals surface area contributed by atoms with Crippen molar-refractivity contribution in [1.82, 2.24) is 4.90 Å². The van der Waals surface area contributed by atoms with Gasteiger partial charge in [0.15, 0.2) is 0 Å². The van der Waals surface area contributed by atoms with Crippen molar-refractivity contribution < 1.29 is 14.7 Å². The Bertz CT molecular complexity index is 642. The average molecular weight is 390 g/mol. The van der Waals surface area contributed by atoms with Crippen molar-refractivity contribution >= 4 is 29.1 Å². The van der Waals surface area contributed by atoms with Gasteiger partial charge in [0.2, 0.25) is 0 Å². The van der Waals surface area contributed by atoms with Crippen molar-refractivity contribution in [2.24, 2.45) is 0 Å². The number of aliphatic hydroxyl groups excluding tert-OH is 1. The van der Waals surface area contributed by atoms with Crippen LogP contribution in [0.25, 0.3) is 5.57 Å². The lowest BCUT2D eigenvalue weighted by molar-refractivity contribution is -0.136. The normalized spacial score (nSPS) is 14.5. The first-order valence-corrected chi connectivity index (χ1v) is 11.1. The molecule has 0 saturated carbocycles. The summed E-state index contributed by atoms with van der Waals surface area (Å²) in [7, 11) is 0. The van der Waals surface area contributed by atoms with Crippen molar-refractivity contribution in [3.63, 3.8) is 0 Å². The van der Waals surface area contributed by atoms with Crippen LogP contribution in [0, 0.1) is 0 Å². The molecule has 0 unspecified atom stereocenters. The molecule has 0 aliphatic carbocycles. The van der Waals surface area contributed by atoms with Crippen molar-refractivity contribution in [2.45, 2.75) is 58.3 Å². The summed E-state index contributed by atoms with van der Waals surface area (Å²) >= 11 is 1.28. The summed E-state index contributed by atoms with van der Waals surface area (Å²) in [5.41, 5.74) is 1.26. The van der Waals surface area contributed by atoms with Gasteiger partial charge in [-0.3, -0.25) is 14.5 Å². The third kappa shape index (κ3) is 6.22. The minimum absolute atomic E-state index is 0.0181. The maximum Gasteiger partial charge on any atom is 0.267 e. The van der Waals surface area contributed by atoms with Crippen molar-refractivity contribution in [2.75, 3.05) is 18.9 Å². The van der Waals surface area contributed by atoms with Gasteiger partial charge in [0, 0.05) is 12.3 Å². The minimum Gasteiger partial charge on any atom is -0.396 e. The van der Waals surface area contributed by atoms with Crippen LogP contribution >= 0.6 is 11.8 Å². The van der Waals surface area contributed by atoms with Crippen molar-refractivity contribution in [1.29, 1.82) is 0 Å². The van der Waals surface area contributed by atoms with Crippen molar-refractivity contribution in [3.8, 4) is 0 Å². The van der Waals surface area contributed by atoms with E-state index in [0.29, 0.717) is 22.8 Å². The molecule has 1 aromatic rings. The Labute approximate surface area is 167 Å². The molecule has 1 aromatic carbocycles. The van der Waals surface area contributed by atoms with Gasteiger partial charge in [-0.1, -0.05) is 82.2 Å². The molecule has 2 amide bonds. The van der Waals surface area contributed by atoms with E-state index in [1.165, 1.54) is 48.8 Å². The van der Waals surface area contributed by atoms with Crippen LogP contribution in [0.1, 0.15) is 63.9 Å². The number of hydrogen-bond acceptors (Lipinski definition) is 4. The number of carbonyl (C=O) groups excluding carboxylic acids is 2. The van der Waals surface area contributed by atoms with Crippen LogP contribution < -0.4 is 0 Å². The molecule has 1 aliphatic heterocycles. The van der Waals surface area contributed by atoms with Crippen LogP contribution in [0.2, 0.25) is 0 Å². The molecule has 0 fully saturated rings. The van der Waals surface area contributed by atoms with E-state index in [0.717, 1.165) is 24.8 Å². The fourth-order valence-electron chi connectivity index (χ4n) is 3.30. The highest BCUT2D eigenvalue weighted by Gasteiger charge is 2.38. The first-order valence-electron chi connectivity index (χ1n) is 10.1. The van der Waals surface area contributed by atoms with Gasteiger partial charge < -0.3 is 5.11 Å². The number of benzene rings is 1. The number of hydrogen-bond donors (Lipinski definition) is 1. The summed E-state index contributed by atoms with van der Waals surface area (Å²) in [6.07, 6.45) is 9.42. The third-order valence-corrected chi connectivity index (χ3v) is 5.82. The SMILES string of the molecule is CCCCCCCCCCN1C(=O)C(SCCO)=C(c2ccccc2)C1=O. The lowest BCUT2D eigenvalue weighted by atomic mass is 10.1. The van der Waals surface area contributed by atoms with E-state index in [1.54, 1.807) is 0 Å². The zero-order valence-corrected chi connectivity index (χ0v) is 17.1. The maximum atomic E-state index is 12.9. The number of carbonyl (C=O) groups is 2. The van der Waals surface area contributed by atoms with Gasteiger partial charge in [-0.15, -0.1) is 11.8 Å². The fraction of sp³-hybridized carbons (Fsp3) is 0.545. The largest absolute Gasteiger partial charge is 0.396 e. The number of imide groups is 1. The summed E-state index contributed by atoms with van der Waals surface area (Å²) in [4.78, 5) is 27.5. The van der Waals surface area contributed by atoms with E-state index in [2.05, 4.69) is 6.92 Å². The Morgan fingerprint density at radius 2 is 1.52 bits per heavy atom. The minimum atomic E-state index is -0.208. The second kappa shape index (κ2) is 12.0. The molecule has 0 aromatic heterocycles. The van der Waals surface area contributed by atoms with Gasteiger partial charge in [0.1, 0.15) is 0 Å². The van der Waals surface area contributed by atoms with Gasteiger partial charge in [0.25, 0.3) is 11.8 Å². The second-order valence-corrected chi connectivity index (χ2v) is 7.98. The smallest absolute Gasteiger partial charge is 0.267 e. The van der Waals surface area contributed by atoms with E-state index in [9.17, 15) is 9.59 Å². The van der Waals surface area contributed by atoms with E-state index in [1.807, 2.05) is 30.3 Å². The molecule has 0 radical (unpaired) electrons. The Morgan fingerprint density at radius 1 is 0.889 bits per heavy atom. The first-order chi connectivity index (χ1) is 13.2. The monoisotopic (exact) mass is 389 g/mol. The molecule has 5 heteroatoms. The summed E-state index contributed by atoms with van der Waals surface area (Å²) < 4.78 is 0. The van der Waals surface area contributed by atoms with Gasteiger partial charge >= 0.3 is 0 Å². The van der Waals surface area contributed by atoms with E-state index >= 15 is 0 Å². The van der Waals surface area contributed by atoms with Crippen LogP contribution in [-0.4, -0.2) is 40.7 Å². The average Bonchev–Trinajstić information content (AvgIpc) is 2.92. The lowest BCUT2D eigenvalue weighted by Crippen LogP contribution is -2.32. The molecule has 2 rings (SSSR count). The molecule has 148 valence electrons. The van der Waals surface area contributed by atoms with Crippen LogP contribution in [-0.2, 0) is 9.59 Å². The van der Waals surface area contributed by atoms with Gasteiger partial charge in [-0.25, -0.2) is 0 Å². The summed E-state index contributed by atoms with van der Waals surface area (Å²) in [5, 5.41) is 9.13.